The van der Waals surface area contributed by atoms with Gasteiger partial charge in [-0.15, -0.1) is 0 Å². The first-order chi connectivity index (χ1) is 21.7. The molecule has 45 heavy (non-hydrogen) atoms. The number of nitrogens with one attached hydrogen (secondary N) is 1. The Morgan fingerprint density at radius 3 is 2.51 bits per heavy atom. The molecule has 0 atom stereocenters. The standard InChI is InChI=1S/C33H32ClN3O6S2/c1-42-25-9-10-26(27(34)20-25)22-6-11-28(43-17-16-36-13-2-3-14-36)23(18-22)19-29-31(39)37(33(44)45-29)15-12-30(38)35-24-7-4-21(5-8-24)32(40)41/h4-11,18-20H,2-3,12-17H2,1H3,(H,35,38)(H,40,41). The number of ether oxygens (including phenoxy) is 2. The molecule has 2 aliphatic rings. The van der Waals surface area contributed by atoms with Crippen LogP contribution in [0, 0.1) is 0 Å². The summed E-state index contributed by atoms with van der Waals surface area (Å²) in [5.74, 6) is -0.374. The van der Waals surface area contributed by atoms with Crippen molar-refractivity contribution < 1.29 is 29.0 Å². The fourth-order valence-corrected chi connectivity index (χ4v) is 6.65. The van der Waals surface area contributed by atoms with Gasteiger partial charge in [-0.3, -0.25) is 19.4 Å². The van der Waals surface area contributed by atoms with E-state index in [0.29, 0.717) is 43.6 Å². The number of thiocarbonyl (C=S) groups is 1. The minimum atomic E-state index is -1.05. The van der Waals surface area contributed by atoms with Gasteiger partial charge in [-0.2, -0.15) is 0 Å². The van der Waals surface area contributed by atoms with Crippen LogP contribution in [0.2, 0.25) is 5.02 Å². The van der Waals surface area contributed by atoms with E-state index in [4.69, 9.17) is 38.4 Å². The quantitative estimate of drug-likeness (QED) is 0.167. The van der Waals surface area contributed by atoms with Crippen LogP contribution < -0.4 is 14.8 Å². The van der Waals surface area contributed by atoms with Crippen molar-refractivity contribution in [1.29, 1.82) is 0 Å². The number of nitrogens with zero attached hydrogens (tertiary/aromatic N) is 2. The molecule has 0 unspecified atom stereocenters. The molecule has 2 N–H and O–H groups in total. The zero-order valence-corrected chi connectivity index (χ0v) is 27.0. The van der Waals surface area contributed by atoms with Crippen LogP contribution in [-0.2, 0) is 9.59 Å². The number of halogens is 1. The number of hydrogen-bond donors (Lipinski definition) is 2. The number of rotatable bonds is 12. The molecule has 3 aromatic carbocycles. The lowest BCUT2D eigenvalue weighted by atomic mass is 10.0. The van der Waals surface area contributed by atoms with Crippen LogP contribution in [0.3, 0.4) is 0 Å². The fourth-order valence-electron chi connectivity index (χ4n) is 5.08. The van der Waals surface area contributed by atoms with E-state index in [9.17, 15) is 14.4 Å². The topological polar surface area (TPSA) is 108 Å². The van der Waals surface area contributed by atoms with Gasteiger partial charge in [0.2, 0.25) is 5.91 Å². The zero-order valence-electron chi connectivity index (χ0n) is 24.6. The molecule has 2 amide bonds. The van der Waals surface area contributed by atoms with Crippen LogP contribution in [0.25, 0.3) is 17.2 Å². The third kappa shape index (κ3) is 8.23. The van der Waals surface area contributed by atoms with Gasteiger partial charge < -0.3 is 19.9 Å². The molecule has 3 aromatic rings. The number of carbonyl (C=O) groups is 3. The molecule has 0 saturated carbocycles. The molecule has 0 bridgehead atoms. The highest BCUT2D eigenvalue weighted by molar-refractivity contribution is 8.26. The largest absolute Gasteiger partial charge is 0.497 e. The van der Waals surface area contributed by atoms with Gasteiger partial charge >= 0.3 is 5.97 Å². The Kier molecular flexibility index (Phi) is 10.8. The average molecular weight is 666 g/mol. The van der Waals surface area contributed by atoms with Gasteiger partial charge in [0, 0.05) is 36.3 Å². The summed E-state index contributed by atoms with van der Waals surface area (Å²) in [5.41, 5.74) is 2.96. The number of carbonyl (C=O) groups excluding carboxylic acids is 2. The lowest BCUT2D eigenvalue weighted by Gasteiger charge is -2.17. The monoisotopic (exact) mass is 665 g/mol. The molecule has 12 heteroatoms. The molecule has 2 fully saturated rings. The number of carboxylic acid groups (broad SMARTS) is 1. The minimum absolute atomic E-state index is 0.0106. The van der Waals surface area contributed by atoms with Crippen molar-refractivity contribution in [1.82, 2.24) is 9.80 Å². The summed E-state index contributed by atoms with van der Waals surface area (Å²) >= 11 is 13.3. The molecule has 9 nitrogen and oxygen atoms in total. The highest BCUT2D eigenvalue weighted by atomic mass is 35.5. The van der Waals surface area contributed by atoms with Gasteiger partial charge in [-0.05, 0) is 92.2 Å². The summed E-state index contributed by atoms with van der Waals surface area (Å²) in [6.07, 6.45) is 4.18. The van der Waals surface area contributed by atoms with Crippen LogP contribution in [0.15, 0.2) is 65.6 Å². The number of aromatic carboxylic acids is 1. The van der Waals surface area contributed by atoms with E-state index in [-0.39, 0.29) is 30.3 Å². The number of anilines is 1. The van der Waals surface area contributed by atoms with Gasteiger partial charge in [0.25, 0.3) is 5.91 Å². The van der Waals surface area contributed by atoms with Gasteiger partial charge in [0.1, 0.15) is 22.4 Å². The normalized spacial score (nSPS) is 16.0. The smallest absolute Gasteiger partial charge is 0.335 e. The number of benzene rings is 3. The number of amides is 2. The highest BCUT2D eigenvalue weighted by Crippen LogP contribution is 2.38. The van der Waals surface area contributed by atoms with Crippen molar-refractivity contribution >= 4 is 69.4 Å². The van der Waals surface area contributed by atoms with Crippen LogP contribution in [0.5, 0.6) is 11.5 Å². The van der Waals surface area contributed by atoms with Gasteiger partial charge in [-0.1, -0.05) is 41.6 Å². The van der Waals surface area contributed by atoms with E-state index >= 15 is 0 Å². The maximum absolute atomic E-state index is 13.5. The maximum Gasteiger partial charge on any atom is 0.335 e. The lowest BCUT2D eigenvalue weighted by molar-refractivity contribution is -0.122. The molecule has 0 aromatic heterocycles. The zero-order chi connectivity index (χ0) is 31.9. The summed E-state index contributed by atoms with van der Waals surface area (Å²) < 4.78 is 11.9. The predicted octanol–water partition coefficient (Wildman–Crippen LogP) is 6.42. The van der Waals surface area contributed by atoms with Crippen LogP contribution in [0.1, 0.15) is 35.2 Å². The third-order valence-electron chi connectivity index (χ3n) is 7.50. The molecule has 0 aliphatic carbocycles. The third-order valence-corrected chi connectivity index (χ3v) is 9.19. The van der Waals surface area contributed by atoms with E-state index in [1.54, 1.807) is 19.3 Å². The number of methoxy groups -OCH3 is 1. The molecular weight excluding hydrogens is 634 g/mol. The van der Waals surface area contributed by atoms with E-state index in [1.807, 2.05) is 30.3 Å². The van der Waals surface area contributed by atoms with Crippen molar-refractivity contribution in [3.8, 4) is 22.6 Å². The van der Waals surface area contributed by atoms with Crippen molar-refractivity contribution in [2.75, 3.05) is 45.2 Å². The van der Waals surface area contributed by atoms with Crippen molar-refractivity contribution in [3.63, 3.8) is 0 Å². The Hall–Kier alpha value is -3.90. The average Bonchev–Trinajstić information content (AvgIpc) is 3.64. The molecule has 2 heterocycles. The molecule has 0 spiro atoms. The SMILES string of the molecule is COc1ccc(-c2ccc(OCCN3CCCC3)c(C=C3SC(=S)N(CCC(=O)Nc4ccc(C(=O)O)cc4)C3=O)c2)c(Cl)c1. The summed E-state index contributed by atoms with van der Waals surface area (Å²) in [4.78, 5) is 41.3. The van der Waals surface area contributed by atoms with E-state index in [2.05, 4.69) is 10.2 Å². The Balaban J connectivity index is 1.31. The number of carboxylic acids is 1. The molecule has 2 aliphatic heterocycles. The second-order valence-corrected chi connectivity index (χ2v) is 12.6. The summed E-state index contributed by atoms with van der Waals surface area (Å²) in [6.45, 7) is 3.57. The first kappa shape index (κ1) is 32.5. The lowest BCUT2D eigenvalue weighted by Crippen LogP contribution is -2.31. The first-order valence-electron chi connectivity index (χ1n) is 14.4. The molecular formula is C33H32ClN3O6S2. The second-order valence-electron chi connectivity index (χ2n) is 10.5. The van der Waals surface area contributed by atoms with Crippen molar-refractivity contribution in [3.05, 3.63) is 81.7 Å². The second kappa shape index (κ2) is 14.9. The van der Waals surface area contributed by atoms with Crippen molar-refractivity contribution in [2.45, 2.75) is 19.3 Å². The van der Waals surface area contributed by atoms with E-state index in [0.717, 1.165) is 30.8 Å². The van der Waals surface area contributed by atoms with E-state index < -0.39 is 5.97 Å². The number of hydrogen-bond acceptors (Lipinski definition) is 8. The fraction of sp³-hybridized carbons (Fsp3) is 0.273. The molecule has 2 saturated heterocycles. The van der Waals surface area contributed by atoms with Gasteiger partial charge in [0.15, 0.2) is 0 Å². The highest BCUT2D eigenvalue weighted by Gasteiger charge is 2.32. The number of thioether (sulfide) groups is 1. The van der Waals surface area contributed by atoms with Crippen LogP contribution >= 0.6 is 35.6 Å². The summed E-state index contributed by atoms with van der Waals surface area (Å²) in [7, 11) is 1.59. The Morgan fingerprint density at radius 2 is 1.82 bits per heavy atom. The Morgan fingerprint density at radius 1 is 1.07 bits per heavy atom. The minimum Gasteiger partial charge on any atom is -0.497 e. The Labute approximate surface area is 276 Å². The molecule has 0 radical (unpaired) electrons. The summed E-state index contributed by atoms with van der Waals surface area (Å²) in [6, 6.07) is 17.1. The van der Waals surface area contributed by atoms with Crippen LogP contribution in [-0.4, -0.2) is 76.9 Å². The van der Waals surface area contributed by atoms with Gasteiger partial charge in [0.05, 0.1) is 22.6 Å². The summed E-state index contributed by atoms with van der Waals surface area (Å²) in [5, 5.41) is 12.3. The van der Waals surface area contributed by atoms with Gasteiger partial charge in [-0.25, -0.2) is 4.79 Å². The molecule has 234 valence electrons. The van der Waals surface area contributed by atoms with Crippen molar-refractivity contribution in [2.24, 2.45) is 0 Å². The number of likely N-dealkylation sites (tertiary alicyclic amines) is 1. The first-order valence-corrected chi connectivity index (χ1v) is 16.0. The molecule has 5 rings (SSSR count). The predicted molar refractivity (Wildman–Crippen MR) is 181 cm³/mol. The maximum atomic E-state index is 13.5. The van der Waals surface area contributed by atoms with Crippen LogP contribution in [0.4, 0.5) is 5.69 Å². The Bertz CT molecular complexity index is 1640. The van der Waals surface area contributed by atoms with E-state index in [1.165, 1.54) is 53.8 Å².